The molecule has 0 aliphatic carbocycles. The number of benzene rings is 2. The minimum Gasteiger partial charge on any atom is -0.463 e. The molecule has 0 spiro atoms. The van der Waals surface area contributed by atoms with Gasteiger partial charge in [0.05, 0.1) is 34.3 Å². The zero-order valence-electron chi connectivity index (χ0n) is 16.7. The van der Waals surface area contributed by atoms with E-state index in [9.17, 15) is 14.9 Å². The van der Waals surface area contributed by atoms with Crippen LogP contribution in [0.3, 0.4) is 0 Å². The van der Waals surface area contributed by atoms with E-state index in [0.717, 1.165) is 11.1 Å². The normalized spacial score (nSPS) is 16.1. The molecule has 2 N–H and O–H groups in total. The zero-order valence-corrected chi connectivity index (χ0v) is 17.6. The number of hydrogen-bond donors (Lipinski definition) is 1. The van der Waals surface area contributed by atoms with Crippen molar-refractivity contribution in [3.8, 4) is 6.07 Å². The summed E-state index contributed by atoms with van der Waals surface area (Å²) in [5, 5.41) is 9.91. The van der Waals surface area contributed by atoms with Gasteiger partial charge in [-0.05, 0) is 24.1 Å². The molecule has 7 heteroatoms. The number of nitriles is 1. The first-order valence-corrected chi connectivity index (χ1v) is 10.5. The molecule has 4 rings (SSSR count). The Morgan fingerprint density at radius 3 is 2.45 bits per heavy atom. The Bertz CT molecular complexity index is 1390. The van der Waals surface area contributed by atoms with E-state index >= 15 is 0 Å². The number of carbonyl (C=O) groups is 1. The van der Waals surface area contributed by atoms with Crippen LogP contribution in [0.25, 0.3) is 17.5 Å². The lowest BCUT2D eigenvalue weighted by Crippen LogP contribution is -2.40. The van der Waals surface area contributed by atoms with Crippen molar-refractivity contribution >= 4 is 34.8 Å². The third-order valence-electron chi connectivity index (χ3n) is 4.99. The van der Waals surface area contributed by atoms with Crippen LogP contribution in [0.1, 0.15) is 24.0 Å². The third kappa shape index (κ3) is 3.58. The number of rotatable bonds is 4. The standard InChI is InChI=1S/C24H19N3O3S/c1-2-30-24(29)20-19(16-11-7-4-8-12-16)17(14-25)21(26)27-22(28)18(31-23(20)27)13-15-9-5-3-6-10-15/h3-13,19H,2,26H2,1H3. The Balaban J connectivity index is 2.10. The first-order chi connectivity index (χ1) is 15.1. The number of carbonyl (C=O) groups excluding carboxylic acids is 1. The van der Waals surface area contributed by atoms with Crippen molar-refractivity contribution in [1.29, 1.82) is 5.26 Å². The maximum absolute atomic E-state index is 13.2. The highest BCUT2D eigenvalue weighted by atomic mass is 32.1. The summed E-state index contributed by atoms with van der Waals surface area (Å²) < 4.78 is 7.37. The van der Waals surface area contributed by atoms with Crippen molar-refractivity contribution in [2.45, 2.75) is 12.8 Å². The maximum atomic E-state index is 13.2. The van der Waals surface area contributed by atoms with E-state index in [2.05, 4.69) is 6.07 Å². The summed E-state index contributed by atoms with van der Waals surface area (Å²) in [6.07, 6.45) is 1.75. The zero-order chi connectivity index (χ0) is 22.0. The van der Waals surface area contributed by atoms with E-state index in [1.165, 1.54) is 15.9 Å². The van der Waals surface area contributed by atoms with Crippen molar-refractivity contribution in [3.63, 3.8) is 0 Å². The Kier molecular flexibility index (Phi) is 5.56. The minimum atomic E-state index is -0.715. The van der Waals surface area contributed by atoms with Crippen LogP contribution in [-0.2, 0) is 9.53 Å². The summed E-state index contributed by atoms with van der Waals surface area (Å²) in [5.41, 5.74) is 7.91. The first-order valence-electron chi connectivity index (χ1n) is 9.71. The van der Waals surface area contributed by atoms with E-state index in [0.29, 0.717) is 9.20 Å². The smallest absolute Gasteiger partial charge is 0.338 e. The molecule has 0 saturated carbocycles. The number of nitrogens with zero attached hydrogens (tertiary/aromatic N) is 2. The molecule has 1 atom stereocenters. The summed E-state index contributed by atoms with van der Waals surface area (Å²) in [7, 11) is 0. The molecule has 0 bridgehead atoms. The van der Waals surface area contributed by atoms with E-state index in [4.69, 9.17) is 10.5 Å². The second-order valence-electron chi connectivity index (χ2n) is 6.86. The molecular weight excluding hydrogens is 410 g/mol. The molecule has 0 radical (unpaired) electrons. The van der Waals surface area contributed by atoms with Crippen molar-refractivity contribution in [1.82, 2.24) is 4.57 Å². The number of fused-ring (bicyclic) bond motifs is 1. The largest absolute Gasteiger partial charge is 0.463 e. The molecule has 31 heavy (non-hydrogen) atoms. The van der Waals surface area contributed by atoms with Crippen LogP contribution in [-0.4, -0.2) is 17.1 Å². The van der Waals surface area contributed by atoms with Crippen LogP contribution in [0, 0.1) is 11.3 Å². The lowest BCUT2D eigenvalue weighted by atomic mass is 9.84. The van der Waals surface area contributed by atoms with Crippen molar-refractivity contribution in [2.24, 2.45) is 5.73 Å². The summed E-state index contributed by atoms with van der Waals surface area (Å²) >= 11 is 1.17. The lowest BCUT2D eigenvalue weighted by Gasteiger charge is -2.24. The molecule has 6 nitrogen and oxygen atoms in total. The molecule has 0 fully saturated rings. The number of thiazole rings is 1. The molecule has 1 aliphatic rings. The molecule has 0 amide bonds. The van der Waals surface area contributed by atoms with Gasteiger partial charge in [-0.15, -0.1) is 11.3 Å². The highest BCUT2D eigenvalue weighted by Crippen LogP contribution is 2.36. The first kappa shape index (κ1) is 20.4. The maximum Gasteiger partial charge on any atom is 0.338 e. The van der Waals surface area contributed by atoms with Crippen molar-refractivity contribution in [3.05, 3.63) is 96.9 Å². The second-order valence-corrected chi connectivity index (χ2v) is 7.89. The highest BCUT2D eigenvalue weighted by Gasteiger charge is 2.36. The second kappa shape index (κ2) is 8.46. The molecule has 1 aliphatic heterocycles. The van der Waals surface area contributed by atoms with Gasteiger partial charge in [-0.1, -0.05) is 60.7 Å². The molecule has 1 aromatic heterocycles. The molecule has 3 aromatic rings. The number of esters is 1. The monoisotopic (exact) mass is 429 g/mol. The number of allylic oxidation sites excluding steroid dienone is 1. The summed E-state index contributed by atoms with van der Waals surface area (Å²) in [5.74, 6) is -1.25. The molecule has 2 aromatic carbocycles. The van der Waals surface area contributed by atoms with Gasteiger partial charge >= 0.3 is 5.97 Å². The highest BCUT2D eigenvalue weighted by molar-refractivity contribution is 7.07. The predicted molar refractivity (Wildman–Crippen MR) is 120 cm³/mol. The van der Waals surface area contributed by atoms with Gasteiger partial charge in [0.25, 0.3) is 5.56 Å². The van der Waals surface area contributed by atoms with Crippen LogP contribution in [0.2, 0.25) is 0 Å². The molecule has 0 saturated heterocycles. The van der Waals surface area contributed by atoms with Gasteiger partial charge in [-0.2, -0.15) is 5.26 Å². The van der Waals surface area contributed by atoms with Gasteiger partial charge in [-0.3, -0.25) is 9.36 Å². The van der Waals surface area contributed by atoms with Crippen LogP contribution in [0.5, 0.6) is 0 Å². The fourth-order valence-corrected chi connectivity index (χ4v) is 4.80. The van der Waals surface area contributed by atoms with E-state index in [1.807, 2.05) is 60.7 Å². The Morgan fingerprint density at radius 1 is 1.19 bits per heavy atom. The molecule has 1 unspecified atom stereocenters. The van der Waals surface area contributed by atoms with Gasteiger partial charge in [0.15, 0.2) is 0 Å². The topological polar surface area (TPSA) is 98.1 Å². The average molecular weight is 430 g/mol. The number of hydrogen-bond acceptors (Lipinski definition) is 6. The van der Waals surface area contributed by atoms with Crippen LogP contribution in [0.15, 0.2) is 71.0 Å². The quantitative estimate of drug-likeness (QED) is 0.639. The Hall–Kier alpha value is -3.89. The van der Waals surface area contributed by atoms with Gasteiger partial charge in [0.2, 0.25) is 0 Å². The minimum absolute atomic E-state index is 0.0355. The third-order valence-corrected chi connectivity index (χ3v) is 6.10. The molecule has 2 heterocycles. The Morgan fingerprint density at radius 2 is 1.84 bits per heavy atom. The van der Waals surface area contributed by atoms with Gasteiger partial charge < -0.3 is 10.5 Å². The van der Waals surface area contributed by atoms with Crippen molar-refractivity contribution in [2.75, 3.05) is 6.61 Å². The lowest BCUT2D eigenvalue weighted by molar-refractivity contribution is -0.136. The van der Waals surface area contributed by atoms with Gasteiger partial charge in [0, 0.05) is 0 Å². The molecular formula is C24H19N3O3S. The van der Waals surface area contributed by atoms with Crippen LogP contribution in [0.4, 0.5) is 0 Å². The van der Waals surface area contributed by atoms with E-state index < -0.39 is 11.9 Å². The van der Waals surface area contributed by atoms with Gasteiger partial charge in [-0.25, -0.2) is 4.79 Å². The van der Waals surface area contributed by atoms with Crippen LogP contribution < -0.4 is 20.5 Å². The summed E-state index contributed by atoms with van der Waals surface area (Å²) in [4.78, 5) is 26.3. The van der Waals surface area contributed by atoms with Crippen molar-refractivity contribution < 1.29 is 9.53 Å². The van der Waals surface area contributed by atoms with E-state index in [-0.39, 0.29) is 29.1 Å². The predicted octanol–water partition coefficient (Wildman–Crippen LogP) is 1.90. The number of ether oxygens (including phenoxy) is 1. The fourth-order valence-electron chi connectivity index (χ4n) is 3.63. The SMILES string of the molecule is CCOC(=O)C1=c2sc(=Cc3ccccc3)c(=O)n2C(N)=C(C#N)C1c1ccccc1. The number of aromatic nitrogens is 1. The Labute approximate surface area is 182 Å². The summed E-state index contributed by atoms with van der Waals surface area (Å²) in [6, 6.07) is 20.7. The summed E-state index contributed by atoms with van der Waals surface area (Å²) in [6.45, 7) is 1.88. The number of nitrogens with two attached hydrogens (primary N) is 1. The molecule has 154 valence electrons. The van der Waals surface area contributed by atoms with Gasteiger partial charge in [0.1, 0.15) is 10.5 Å². The average Bonchev–Trinajstić information content (AvgIpc) is 3.11. The van der Waals surface area contributed by atoms with E-state index in [1.54, 1.807) is 13.0 Å². The van der Waals surface area contributed by atoms with Crippen LogP contribution >= 0.6 is 11.3 Å². The fraction of sp³-hybridized carbons (Fsp3) is 0.125.